The highest BCUT2D eigenvalue weighted by atomic mass is 32.2. The molecule has 0 aliphatic carbocycles. The summed E-state index contributed by atoms with van der Waals surface area (Å²) in [5.41, 5.74) is 0. The van der Waals surface area contributed by atoms with Gasteiger partial charge in [-0.3, -0.25) is 4.79 Å². The fraction of sp³-hybridized carbons (Fsp3) is 0.385. The third-order valence-electron chi connectivity index (χ3n) is 2.81. The third-order valence-corrected chi connectivity index (χ3v) is 3.80. The summed E-state index contributed by atoms with van der Waals surface area (Å²) in [5.74, 6) is -2.87. The molecule has 1 amide bonds. The minimum atomic E-state index is -1.07. The number of carbonyl (C=O) groups excluding carboxylic acids is 1. The standard InChI is InChI=1S/C13H15F2NO3S/c1-8(13(18)19)16(2)12(17)5-6-20-9-3-4-10(14)11(15)7-9/h3-4,7-8H,5-6H2,1-2H3,(H,18,19). The molecule has 0 heterocycles. The molecule has 20 heavy (non-hydrogen) atoms. The molecule has 0 aliphatic rings. The fourth-order valence-electron chi connectivity index (χ4n) is 1.38. The summed E-state index contributed by atoms with van der Waals surface area (Å²) in [6, 6.07) is 2.62. The molecule has 1 unspecified atom stereocenters. The van der Waals surface area contributed by atoms with Gasteiger partial charge in [0.2, 0.25) is 5.91 Å². The number of rotatable bonds is 6. The molecule has 0 saturated carbocycles. The van der Waals surface area contributed by atoms with Crippen LogP contribution in [0.15, 0.2) is 23.1 Å². The molecule has 110 valence electrons. The Balaban J connectivity index is 2.45. The summed E-state index contributed by atoms with van der Waals surface area (Å²) in [6.07, 6.45) is 0.123. The Morgan fingerprint density at radius 2 is 2.00 bits per heavy atom. The zero-order valence-electron chi connectivity index (χ0n) is 11.1. The van der Waals surface area contributed by atoms with E-state index in [1.807, 2.05) is 0 Å². The summed E-state index contributed by atoms with van der Waals surface area (Å²) in [7, 11) is 1.42. The maximum Gasteiger partial charge on any atom is 0.326 e. The summed E-state index contributed by atoms with van der Waals surface area (Å²) >= 11 is 1.21. The number of thioether (sulfide) groups is 1. The van der Waals surface area contributed by atoms with Crippen LogP contribution in [-0.2, 0) is 9.59 Å². The number of carboxylic acid groups (broad SMARTS) is 1. The van der Waals surface area contributed by atoms with Crippen molar-refractivity contribution in [2.75, 3.05) is 12.8 Å². The first-order valence-electron chi connectivity index (χ1n) is 5.89. The number of aliphatic carboxylic acids is 1. The molecule has 0 spiro atoms. The highest BCUT2D eigenvalue weighted by Gasteiger charge is 2.21. The first-order valence-corrected chi connectivity index (χ1v) is 6.87. The van der Waals surface area contributed by atoms with Crippen molar-refractivity contribution in [3.63, 3.8) is 0 Å². The first kappa shape index (κ1) is 16.4. The zero-order valence-corrected chi connectivity index (χ0v) is 11.9. The monoisotopic (exact) mass is 303 g/mol. The molecule has 0 radical (unpaired) electrons. The van der Waals surface area contributed by atoms with E-state index in [1.54, 1.807) is 0 Å². The lowest BCUT2D eigenvalue weighted by molar-refractivity contribution is -0.148. The molecule has 1 aromatic carbocycles. The largest absolute Gasteiger partial charge is 0.480 e. The van der Waals surface area contributed by atoms with Crippen LogP contribution in [0, 0.1) is 11.6 Å². The topological polar surface area (TPSA) is 57.6 Å². The Bertz CT molecular complexity index is 510. The van der Waals surface area contributed by atoms with Gasteiger partial charge in [-0.1, -0.05) is 0 Å². The smallest absolute Gasteiger partial charge is 0.326 e. The number of nitrogens with zero attached hydrogens (tertiary/aromatic N) is 1. The molecular weight excluding hydrogens is 288 g/mol. The van der Waals surface area contributed by atoms with E-state index in [0.717, 1.165) is 17.0 Å². The van der Waals surface area contributed by atoms with Crippen LogP contribution in [0.3, 0.4) is 0 Å². The molecule has 0 bridgehead atoms. The second-order valence-corrected chi connectivity index (χ2v) is 5.36. The van der Waals surface area contributed by atoms with Gasteiger partial charge in [-0.15, -0.1) is 11.8 Å². The number of carbonyl (C=O) groups is 2. The molecule has 4 nitrogen and oxygen atoms in total. The van der Waals surface area contributed by atoms with E-state index >= 15 is 0 Å². The van der Waals surface area contributed by atoms with Gasteiger partial charge in [0.15, 0.2) is 11.6 Å². The maximum atomic E-state index is 13.0. The second-order valence-electron chi connectivity index (χ2n) is 4.19. The second kappa shape index (κ2) is 7.23. The van der Waals surface area contributed by atoms with Crippen LogP contribution in [0.4, 0.5) is 8.78 Å². The van der Waals surface area contributed by atoms with Crippen molar-refractivity contribution in [2.45, 2.75) is 24.3 Å². The predicted octanol–water partition coefficient (Wildman–Crippen LogP) is 2.38. The highest BCUT2D eigenvalue weighted by Crippen LogP contribution is 2.21. The number of carboxylic acids is 1. The molecule has 1 rings (SSSR count). The van der Waals surface area contributed by atoms with Crippen LogP contribution in [0.25, 0.3) is 0 Å². The minimum absolute atomic E-state index is 0.123. The number of hydrogen-bond donors (Lipinski definition) is 1. The van der Waals surface area contributed by atoms with E-state index in [-0.39, 0.29) is 12.3 Å². The van der Waals surface area contributed by atoms with Gasteiger partial charge >= 0.3 is 5.97 Å². The Morgan fingerprint density at radius 3 is 2.55 bits per heavy atom. The number of halogens is 2. The van der Waals surface area contributed by atoms with Crippen molar-refractivity contribution in [1.29, 1.82) is 0 Å². The van der Waals surface area contributed by atoms with Gasteiger partial charge in [-0.05, 0) is 25.1 Å². The molecule has 1 aromatic rings. The quantitative estimate of drug-likeness (QED) is 0.820. The lowest BCUT2D eigenvalue weighted by Crippen LogP contribution is -2.40. The predicted molar refractivity (Wildman–Crippen MR) is 71.6 cm³/mol. The Morgan fingerprint density at radius 1 is 1.35 bits per heavy atom. The van der Waals surface area contributed by atoms with Gasteiger partial charge in [-0.2, -0.15) is 0 Å². The summed E-state index contributed by atoms with van der Waals surface area (Å²) < 4.78 is 25.7. The SMILES string of the molecule is CC(C(=O)O)N(C)C(=O)CCSc1ccc(F)c(F)c1. The van der Waals surface area contributed by atoms with E-state index in [4.69, 9.17) is 5.11 Å². The lowest BCUT2D eigenvalue weighted by Gasteiger charge is -2.21. The van der Waals surface area contributed by atoms with Crippen molar-refractivity contribution in [2.24, 2.45) is 0 Å². The summed E-state index contributed by atoms with van der Waals surface area (Å²) in [4.78, 5) is 24.1. The number of hydrogen-bond acceptors (Lipinski definition) is 3. The third kappa shape index (κ3) is 4.48. The van der Waals surface area contributed by atoms with Gasteiger partial charge in [-0.25, -0.2) is 13.6 Å². The molecule has 1 N–H and O–H groups in total. The molecular formula is C13H15F2NO3S. The average molecular weight is 303 g/mol. The number of amides is 1. The first-order chi connectivity index (χ1) is 9.32. The molecule has 0 aliphatic heterocycles. The number of likely N-dealkylation sites (N-methyl/N-ethyl adjacent to an activating group) is 1. The lowest BCUT2D eigenvalue weighted by atomic mass is 10.3. The fourth-order valence-corrected chi connectivity index (χ4v) is 2.24. The van der Waals surface area contributed by atoms with Crippen molar-refractivity contribution < 1.29 is 23.5 Å². The Kier molecular flexibility index (Phi) is 5.94. The van der Waals surface area contributed by atoms with Crippen LogP contribution < -0.4 is 0 Å². The van der Waals surface area contributed by atoms with Gasteiger partial charge in [0.1, 0.15) is 6.04 Å². The van der Waals surface area contributed by atoms with Crippen LogP contribution >= 0.6 is 11.8 Å². The van der Waals surface area contributed by atoms with E-state index in [2.05, 4.69) is 0 Å². The van der Waals surface area contributed by atoms with Crippen molar-refractivity contribution in [3.8, 4) is 0 Å². The van der Waals surface area contributed by atoms with E-state index < -0.39 is 23.6 Å². The van der Waals surface area contributed by atoms with Crippen LogP contribution in [-0.4, -0.2) is 40.7 Å². The Hall–Kier alpha value is -1.63. The average Bonchev–Trinajstić information content (AvgIpc) is 2.40. The van der Waals surface area contributed by atoms with Gasteiger partial charge in [0.05, 0.1) is 0 Å². The Labute approximate surface area is 119 Å². The van der Waals surface area contributed by atoms with Crippen LogP contribution in [0.2, 0.25) is 0 Å². The van der Waals surface area contributed by atoms with E-state index in [1.165, 1.54) is 31.8 Å². The molecule has 0 saturated heterocycles. The maximum absolute atomic E-state index is 13.0. The van der Waals surface area contributed by atoms with E-state index in [9.17, 15) is 18.4 Å². The summed E-state index contributed by atoms with van der Waals surface area (Å²) in [6.45, 7) is 1.42. The van der Waals surface area contributed by atoms with Gasteiger partial charge in [0, 0.05) is 24.1 Å². The van der Waals surface area contributed by atoms with E-state index in [0.29, 0.717) is 10.6 Å². The summed E-state index contributed by atoms with van der Waals surface area (Å²) in [5, 5.41) is 8.78. The van der Waals surface area contributed by atoms with Crippen molar-refractivity contribution in [3.05, 3.63) is 29.8 Å². The number of benzene rings is 1. The van der Waals surface area contributed by atoms with Gasteiger partial charge < -0.3 is 10.0 Å². The zero-order chi connectivity index (χ0) is 15.3. The highest BCUT2D eigenvalue weighted by molar-refractivity contribution is 7.99. The molecule has 0 fully saturated rings. The molecule has 7 heteroatoms. The van der Waals surface area contributed by atoms with Crippen LogP contribution in [0.5, 0.6) is 0 Å². The minimum Gasteiger partial charge on any atom is -0.480 e. The van der Waals surface area contributed by atoms with Gasteiger partial charge in [0.25, 0.3) is 0 Å². The van der Waals surface area contributed by atoms with Crippen LogP contribution in [0.1, 0.15) is 13.3 Å². The van der Waals surface area contributed by atoms with Crippen molar-refractivity contribution >= 4 is 23.6 Å². The molecule has 1 atom stereocenters. The molecule has 0 aromatic heterocycles. The normalized spacial score (nSPS) is 12.0. The van der Waals surface area contributed by atoms with Crippen molar-refractivity contribution in [1.82, 2.24) is 4.90 Å².